The normalized spacial score (nSPS) is 10.4. The number of rotatable bonds is 0. The molecular weight excluding hydrogens is 323 g/mol. The lowest BCUT2D eigenvalue weighted by atomic mass is 10.1. The molecule has 0 amide bonds. The minimum Gasteiger partial charge on any atom is -0.344 e. The van der Waals surface area contributed by atoms with Gasteiger partial charge in [0.15, 0.2) is 0 Å². The van der Waals surface area contributed by atoms with Gasteiger partial charge in [0.2, 0.25) is 0 Å². The molecule has 2 aromatic carbocycles. The largest absolute Gasteiger partial charge is 0.344 e. The van der Waals surface area contributed by atoms with Crippen LogP contribution in [0.4, 0.5) is 0 Å². The van der Waals surface area contributed by atoms with Gasteiger partial charge in [-0.3, -0.25) is 5.41 Å². The van der Waals surface area contributed by atoms with Crippen molar-refractivity contribution in [2.45, 2.75) is 0 Å². The predicted octanol–water partition coefficient (Wildman–Crippen LogP) is 3.43. The van der Waals surface area contributed by atoms with E-state index in [9.17, 15) is 0 Å². The van der Waals surface area contributed by atoms with Crippen molar-refractivity contribution in [1.29, 1.82) is 5.41 Å². The van der Waals surface area contributed by atoms with E-state index in [-0.39, 0.29) is 24.0 Å². The first-order chi connectivity index (χ1) is 7.79. The number of nitrogens with zero attached hydrogens (tertiary/aromatic N) is 1. The maximum atomic E-state index is 8.22. The first-order valence-electron chi connectivity index (χ1n) is 5.30. The number of fused-ring (bicyclic) bond motifs is 2. The van der Waals surface area contributed by atoms with E-state index in [1.165, 1.54) is 0 Å². The third-order valence-electron chi connectivity index (χ3n) is 3.07. The van der Waals surface area contributed by atoms with Gasteiger partial charge in [-0.2, -0.15) is 0 Å². The molecule has 3 rings (SSSR count). The van der Waals surface area contributed by atoms with Crippen molar-refractivity contribution in [3.8, 4) is 0 Å². The Morgan fingerprint density at radius 2 is 1.24 bits per heavy atom. The first-order valence-corrected chi connectivity index (χ1v) is 5.30. The zero-order chi connectivity index (χ0) is 11.1. The highest BCUT2D eigenvalue weighted by atomic mass is 127. The van der Waals surface area contributed by atoms with Gasteiger partial charge >= 0.3 is 0 Å². The predicted molar refractivity (Wildman–Crippen MR) is 81.7 cm³/mol. The molecule has 0 aliphatic rings. The van der Waals surface area contributed by atoms with Crippen LogP contribution in [0.1, 0.15) is 0 Å². The molecule has 0 unspecified atom stereocenters. The Hall–Kier alpha value is -1.36. The molecule has 1 heterocycles. The summed E-state index contributed by atoms with van der Waals surface area (Å²) in [7, 11) is 2.05. The Balaban J connectivity index is 0.00000108. The fourth-order valence-electron chi connectivity index (χ4n) is 2.23. The number of hydrogen-bond donors (Lipinski definition) is 1. The van der Waals surface area contributed by atoms with Gasteiger partial charge in [-0.15, -0.1) is 24.0 Å². The molecule has 0 saturated carbocycles. The smallest absolute Gasteiger partial charge is 0.0726 e. The van der Waals surface area contributed by atoms with Gasteiger partial charge in [0.25, 0.3) is 0 Å². The molecule has 17 heavy (non-hydrogen) atoms. The second-order valence-electron chi connectivity index (χ2n) is 3.97. The molecule has 1 N–H and O–H groups in total. The minimum absolute atomic E-state index is 0. The topological polar surface area (TPSA) is 28.8 Å². The van der Waals surface area contributed by atoms with E-state index in [0.717, 1.165) is 21.8 Å². The van der Waals surface area contributed by atoms with Crippen LogP contribution < -0.4 is 5.36 Å². The van der Waals surface area contributed by atoms with E-state index in [0.29, 0.717) is 5.36 Å². The monoisotopic (exact) mass is 336 g/mol. The highest BCUT2D eigenvalue weighted by Gasteiger charge is 2.04. The number of hydrogen-bond acceptors (Lipinski definition) is 1. The van der Waals surface area contributed by atoms with Gasteiger partial charge in [-0.1, -0.05) is 36.4 Å². The number of pyridine rings is 1. The Bertz CT molecular complexity index is 684. The summed E-state index contributed by atoms with van der Waals surface area (Å²) in [5, 5.41) is 10.8. The van der Waals surface area contributed by atoms with Gasteiger partial charge in [0.1, 0.15) is 0 Å². The van der Waals surface area contributed by atoms with Gasteiger partial charge in [-0.25, -0.2) is 0 Å². The van der Waals surface area contributed by atoms with Crippen molar-refractivity contribution >= 4 is 45.8 Å². The van der Waals surface area contributed by atoms with Crippen LogP contribution in [0.25, 0.3) is 21.8 Å². The highest BCUT2D eigenvalue weighted by molar-refractivity contribution is 14.0. The SMILES string of the molecule is Cn1c2ccccc2c(=N)c2ccccc21.I. The maximum Gasteiger partial charge on any atom is 0.0726 e. The van der Waals surface area contributed by atoms with Gasteiger partial charge < -0.3 is 4.57 Å². The van der Waals surface area contributed by atoms with Crippen molar-refractivity contribution in [3.05, 3.63) is 53.9 Å². The van der Waals surface area contributed by atoms with Crippen molar-refractivity contribution in [2.75, 3.05) is 0 Å². The molecule has 0 saturated heterocycles. The summed E-state index contributed by atoms with van der Waals surface area (Å²) in [6.45, 7) is 0. The summed E-state index contributed by atoms with van der Waals surface area (Å²) < 4.78 is 2.14. The van der Waals surface area contributed by atoms with Crippen LogP contribution in [0.2, 0.25) is 0 Å². The summed E-state index contributed by atoms with van der Waals surface area (Å²) in [5.41, 5.74) is 2.21. The number of nitrogens with one attached hydrogen (secondary N) is 1. The molecule has 3 heteroatoms. The molecule has 0 radical (unpaired) electrons. The summed E-state index contributed by atoms with van der Waals surface area (Å²) in [4.78, 5) is 0. The molecule has 0 atom stereocenters. The van der Waals surface area contributed by atoms with Crippen LogP contribution in [-0.2, 0) is 7.05 Å². The van der Waals surface area contributed by atoms with Crippen LogP contribution in [0.5, 0.6) is 0 Å². The number of aromatic nitrogens is 1. The molecule has 0 aliphatic carbocycles. The quantitative estimate of drug-likeness (QED) is 0.481. The lowest BCUT2D eigenvalue weighted by Gasteiger charge is -2.10. The Labute approximate surface area is 116 Å². The van der Waals surface area contributed by atoms with Crippen molar-refractivity contribution in [1.82, 2.24) is 4.57 Å². The van der Waals surface area contributed by atoms with E-state index >= 15 is 0 Å². The third kappa shape index (κ3) is 1.74. The van der Waals surface area contributed by atoms with Gasteiger partial charge in [-0.05, 0) is 12.1 Å². The van der Waals surface area contributed by atoms with E-state index in [1.807, 2.05) is 43.4 Å². The number of benzene rings is 2. The summed E-state index contributed by atoms with van der Waals surface area (Å²) >= 11 is 0. The van der Waals surface area contributed by atoms with Crippen LogP contribution in [0.3, 0.4) is 0 Å². The van der Waals surface area contributed by atoms with Crippen molar-refractivity contribution in [3.63, 3.8) is 0 Å². The Morgan fingerprint density at radius 1 is 0.824 bits per heavy atom. The van der Waals surface area contributed by atoms with E-state index in [1.54, 1.807) is 0 Å². The van der Waals surface area contributed by atoms with Gasteiger partial charge in [0, 0.05) is 17.8 Å². The molecule has 3 aromatic rings. The number of aryl methyl sites for hydroxylation is 1. The van der Waals surface area contributed by atoms with Crippen LogP contribution in [0, 0.1) is 5.41 Å². The van der Waals surface area contributed by atoms with E-state index in [2.05, 4.69) is 16.7 Å². The Kier molecular flexibility index (Phi) is 3.19. The lowest BCUT2D eigenvalue weighted by molar-refractivity contribution is 0.999. The van der Waals surface area contributed by atoms with Crippen molar-refractivity contribution in [2.24, 2.45) is 7.05 Å². The molecule has 86 valence electrons. The van der Waals surface area contributed by atoms with Crippen LogP contribution in [-0.4, -0.2) is 4.57 Å². The molecule has 0 bridgehead atoms. The van der Waals surface area contributed by atoms with Crippen LogP contribution in [0.15, 0.2) is 48.5 Å². The lowest BCUT2D eigenvalue weighted by Crippen LogP contribution is -2.08. The number of para-hydroxylation sites is 2. The average Bonchev–Trinajstić information content (AvgIpc) is 2.36. The second-order valence-corrected chi connectivity index (χ2v) is 3.97. The summed E-state index contributed by atoms with van der Waals surface area (Å²) in [6.07, 6.45) is 0. The zero-order valence-corrected chi connectivity index (χ0v) is 11.8. The van der Waals surface area contributed by atoms with Crippen molar-refractivity contribution < 1.29 is 0 Å². The average molecular weight is 336 g/mol. The van der Waals surface area contributed by atoms with E-state index < -0.39 is 0 Å². The fraction of sp³-hybridized carbons (Fsp3) is 0.0714. The summed E-state index contributed by atoms with van der Waals surface area (Å²) in [5.74, 6) is 0. The highest BCUT2D eigenvalue weighted by Crippen LogP contribution is 2.16. The van der Waals surface area contributed by atoms with Crippen LogP contribution >= 0.6 is 24.0 Å². The van der Waals surface area contributed by atoms with E-state index in [4.69, 9.17) is 5.41 Å². The zero-order valence-electron chi connectivity index (χ0n) is 9.47. The fourth-order valence-corrected chi connectivity index (χ4v) is 2.23. The second kappa shape index (κ2) is 4.49. The molecule has 1 aromatic heterocycles. The molecule has 0 aliphatic heterocycles. The molecule has 0 fully saturated rings. The minimum atomic E-state index is 0. The molecule has 0 spiro atoms. The number of halogens is 1. The Morgan fingerprint density at radius 3 is 1.71 bits per heavy atom. The first kappa shape index (κ1) is 12.1. The summed E-state index contributed by atoms with van der Waals surface area (Å²) in [6, 6.07) is 16.1. The molecular formula is C14H13IN2. The maximum absolute atomic E-state index is 8.22. The molecule has 2 nitrogen and oxygen atoms in total. The standard InChI is InChI=1S/C14H12N2.HI/c1-16-12-8-4-2-6-10(12)14(15)11-7-3-5-9-13(11)16;/h2-9,15H,1H3;1H. The third-order valence-corrected chi connectivity index (χ3v) is 3.07. The van der Waals surface area contributed by atoms with Gasteiger partial charge in [0.05, 0.1) is 16.4 Å².